The molecule has 0 fully saturated rings. The molecule has 0 atom stereocenters. The highest BCUT2D eigenvalue weighted by atomic mass is 19.4. The Kier molecular flexibility index (Phi) is 9.12. The van der Waals surface area contributed by atoms with Gasteiger partial charge < -0.3 is 9.47 Å². The lowest BCUT2D eigenvalue weighted by Gasteiger charge is -2.37. The molecular formula is C13H6F22O2. The summed E-state index contributed by atoms with van der Waals surface area (Å²) in [5, 5.41) is 0. The molecule has 0 saturated heterocycles. The predicted octanol–water partition coefficient (Wildman–Crippen LogP) is 7.53. The van der Waals surface area contributed by atoms with Crippen molar-refractivity contribution in [3.05, 3.63) is 0 Å². The molecule has 2 nitrogen and oxygen atoms in total. The molecule has 0 saturated carbocycles. The van der Waals surface area contributed by atoms with E-state index in [9.17, 15) is 96.6 Å². The molecule has 24 heteroatoms. The van der Waals surface area contributed by atoms with Crippen LogP contribution in [-0.4, -0.2) is 73.3 Å². The minimum Gasteiger partial charge on any atom is -0.315 e. The molecular weight excluding hydrogens is 606 g/mol. The standard InChI is InChI=1S/C13H6F22O2/c14-4(15,6(18,19)10(26,27)28)8(22,23)12(32,33)36-2-1-3-37-13(34,35)9(24,25)5(16,17)7(20,21)11(29,30)31/h1-3H2. The van der Waals surface area contributed by atoms with Gasteiger partial charge in [-0.2, -0.15) is 96.6 Å². The molecule has 0 aromatic rings. The van der Waals surface area contributed by atoms with E-state index in [-0.39, 0.29) is 0 Å². The Bertz CT molecular complexity index is 712. The lowest BCUT2D eigenvalue weighted by molar-refractivity contribution is -0.459. The molecule has 0 aliphatic heterocycles. The topological polar surface area (TPSA) is 18.5 Å². The van der Waals surface area contributed by atoms with E-state index in [2.05, 4.69) is 9.47 Å². The van der Waals surface area contributed by atoms with Crippen LogP contribution in [0.3, 0.4) is 0 Å². The van der Waals surface area contributed by atoms with E-state index in [4.69, 9.17) is 0 Å². The summed E-state index contributed by atoms with van der Waals surface area (Å²) in [6.45, 7) is -4.96. The summed E-state index contributed by atoms with van der Waals surface area (Å²) < 4.78 is 283. The Morgan fingerprint density at radius 2 is 0.514 bits per heavy atom. The summed E-state index contributed by atoms with van der Waals surface area (Å²) in [7, 11) is 0. The maximum Gasteiger partial charge on any atom is 0.460 e. The molecule has 0 spiro atoms. The summed E-state index contributed by atoms with van der Waals surface area (Å²) in [5.74, 6) is -47.1. The van der Waals surface area contributed by atoms with Gasteiger partial charge in [-0.25, -0.2) is 0 Å². The molecule has 0 aliphatic rings. The summed E-state index contributed by atoms with van der Waals surface area (Å²) >= 11 is 0. The van der Waals surface area contributed by atoms with E-state index in [1.807, 2.05) is 0 Å². The van der Waals surface area contributed by atoms with E-state index < -0.39 is 79.7 Å². The zero-order chi connectivity index (χ0) is 30.5. The zero-order valence-electron chi connectivity index (χ0n) is 16.3. The smallest absolute Gasteiger partial charge is 0.315 e. The zero-order valence-corrected chi connectivity index (χ0v) is 16.3. The number of hydrogen-bond acceptors (Lipinski definition) is 2. The largest absolute Gasteiger partial charge is 0.460 e. The van der Waals surface area contributed by atoms with Crippen molar-refractivity contribution in [2.24, 2.45) is 0 Å². The summed E-state index contributed by atoms with van der Waals surface area (Å²) in [5.41, 5.74) is 0. The van der Waals surface area contributed by atoms with E-state index in [0.717, 1.165) is 0 Å². The first kappa shape index (κ1) is 35.4. The van der Waals surface area contributed by atoms with Gasteiger partial charge in [0.1, 0.15) is 0 Å². The van der Waals surface area contributed by atoms with Crippen molar-refractivity contribution in [3.63, 3.8) is 0 Å². The van der Waals surface area contributed by atoms with Crippen LogP contribution in [0.2, 0.25) is 0 Å². The lowest BCUT2D eigenvalue weighted by Crippen LogP contribution is -2.67. The van der Waals surface area contributed by atoms with Crippen LogP contribution >= 0.6 is 0 Å². The molecule has 0 heterocycles. The Labute approximate surface area is 187 Å². The summed E-state index contributed by atoms with van der Waals surface area (Å²) in [6, 6.07) is 0. The Hall–Kier alpha value is -1.62. The molecule has 0 amide bonds. The molecule has 0 radical (unpaired) electrons. The molecule has 0 unspecified atom stereocenters. The summed E-state index contributed by atoms with van der Waals surface area (Å²) in [4.78, 5) is 0. The van der Waals surface area contributed by atoms with Crippen LogP contribution in [0, 0.1) is 0 Å². The molecule has 0 bridgehead atoms. The Morgan fingerprint density at radius 1 is 0.297 bits per heavy atom. The Balaban J connectivity index is 5.49. The molecule has 37 heavy (non-hydrogen) atoms. The van der Waals surface area contributed by atoms with E-state index in [0.29, 0.717) is 0 Å². The van der Waals surface area contributed by atoms with Crippen molar-refractivity contribution in [3.8, 4) is 0 Å². The minimum atomic E-state index is -7.96. The van der Waals surface area contributed by atoms with E-state index in [1.165, 1.54) is 0 Å². The quantitative estimate of drug-likeness (QED) is 0.168. The normalized spacial score (nSPS) is 16.4. The molecule has 224 valence electrons. The monoisotopic (exact) mass is 612 g/mol. The van der Waals surface area contributed by atoms with Crippen LogP contribution in [0.1, 0.15) is 6.42 Å². The number of hydrogen-bond donors (Lipinski definition) is 0. The number of rotatable bonds is 12. The van der Waals surface area contributed by atoms with Crippen molar-refractivity contribution in [2.75, 3.05) is 13.2 Å². The highest BCUT2D eigenvalue weighted by Gasteiger charge is 2.89. The second-order valence-electron chi connectivity index (χ2n) is 6.53. The molecule has 0 aromatic heterocycles. The van der Waals surface area contributed by atoms with E-state index in [1.54, 1.807) is 0 Å². The van der Waals surface area contributed by atoms with Gasteiger partial charge in [-0.3, -0.25) is 0 Å². The van der Waals surface area contributed by atoms with E-state index >= 15 is 0 Å². The first-order chi connectivity index (χ1) is 15.7. The fraction of sp³-hybridized carbons (Fsp3) is 1.00. The van der Waals surface area contributed by atoms with Crippen LogP contribution in [0.15, 0.2) is 0 Å². The molecule has 0 N–H and O–H groups in total. The maximum atomic E-state index is 13.1. The van der Waals surface area contributed by atoms with Crippen LogP contribution in [-0.2, 0) is 9.47 Å². The van der Waals surface area contributed by atoms with Gasteiger partial charge in [-0.15, -0.1) is 0 Å². The average Bonchev–Trinajstić information content (AvgIpc) is 2.64. The van der Waals surface area contributed by atoms with Crippen molar-refractivity contribution in [1.29, 1.82) is 0 Å². The van der Waals surface area contributed by atoms with Gasteiger partial charge in [0, 0.05) is 0 Å². The highest BCUT2D eigenvalue weighted by molar-refractivity contribution is 5.05. The first-order valence-corrected chi connectivity index (χ1v) is 8.14. The van der Waals surface area contributed by atoms with Crippen molar-refractivity contribution < 1.29 is 106 Å². The SMILES string of the molecule is FC(F)(F)C(F)(F)C(F)(F)C(F)(F)C(F)(F)OCCCOC(F)(F)C(F)(F)C(F)(F)C(F)(F)C(F)(F)F. The Morgan fingerprint density at radius 3 is 0.703 bits per heavy atom. The van der Waals surface area contributed by atoms with Gasteiger partial charge in [0.2, 0.25) is 0 Å². The predicted molar refractivity (Wildman–Crippen MR) is 68.2 cm³/mol. The number of halogens is 22. The van der Waals surface area contributed by atoms with Crippen LogP contribution in [0.4, 0.5) is 96.6 Å². The first-order valence-electron chi connectivity index (χ1n) is 8.14. The van der Waals surface area contributed by atoms with Crippen LogP contribution in [0.5, 0.6) is 0 Å². The van der Waals surface area contributed by atoms with Gasteiger partial charge in [-0.1, -0.05) is 0 Å². The van der Waals surface area contributed by atoms with Crippen molar-refractivity contribution >= 4 is 0 Å². The van der Waals surface area contributed by atoms with Crippen LogP contribution < -0.4 is 0 Å². The second kappa shape index (κ2) is 9.54. The fourth-order valence-corrected chi connectivity index (χ4v) is 1.76. The summed E-state index contributed by atoms with van der Waals surface area (Å²) in [6.07, 6.45) is -31.2. The van der Waals surface area contributed by atoms with Gasteiger partial charge in [0.25, 0.3) is 0 Å². The minimum absolute atomic E-state index is 2.04. The second-order valence-corrected chi connectivity index (χ2v) is 6.53. The van der Waals surface area contributed by atoms with Gasteiger partial charge in [0.05, 0.1) is 13.2 Å². The van der Waals surface area contributed by atoms with Gasteiger partial charge >= 0.3 is 60.1 Å². The van der Waals surface area contributed by atoms with Gasteiger partial charge in [0.15, 0.2) is 0 Å². The molecule has 0 aromatic carbocycles. The number of ether oxygens (including phenoxy) is 2. The fourth-order valence-electron chi connectivity index (χ4n) is 1.76. The lowest BCUT2D eigenvalue weighted by atomic mass is 10.0. The van der Waals surface area contributed by atoms with Gasteiger partial charge in [-0.05, 0) is 6.42 Å². The molecule has 0 rings (SSSR count). The number of alkyl halides is 22. The third-order valence-corrected chi connectivity index (χ3v) is 3.88. The van der Waals surface area contributed by atoms with Crippen LogP contribution in [0.25, 0.3) is 0 Å². The third-order valence-electron chi connectivity index (χ3n) is 3.88. The average molecular weight is 612 g/mol. The third kappa shape index (κ3) is 5.58. The molecule has 0 aliphatic carbocycles. The van der Waals surface area contributed by atoms with Crippen molar-refractivity contribution in [2.45, 2.75) is 66.5 Å². The maximum absolute atomic E-state index is 13.1. The van der Waals surface area contributed by atoms with Crippen molar-refractivity contribution in [1.82, 2.24) is 0 Å². The highest BCUT2D eigenvalue weighted by Crippen LogP contribution is 2.59.